The Bertz CT molecular complexity index is 1250. The van der Waals surface area contributed by atoms with E-state index >= 15 is 0 Å². The van der Waals surface area contributed by atoms with Crippen molar-refractivity contribution in [3.8, 4) is 16.9 Å². The van der Waals surface area contributed by atoms with E-state index in [0.29, 0.717) is 11.5 Å². The van der Waals surface area contributed by atoms with E-state index < -0.39 is 10.0 Å². The fourth-order valence-electron chi connectivity index (χ4n) is 3.10. The lowest BCUT2D eigenvalue weighted by Gasteiger charge is -2.12. The molecule has 0 spiro atoms. The Balaban J connectivity index is 1.82. The van der Waals surface area contributed by atoms with Crippen LogP contribution in [-0.4, -0.2) is 18.2 Å². The van der Waals surface area contributed by atoms with E-state index in [1.54, 1.807) is 35.0 Å². The first-order valence-electron chi connectivity index (χ1n) is 9.25. The zero-order valence-corrected chi connectivity index (χ0v) is 17.0. The van der Waals surface area contributed by atoms with Gasteiger partial charge in [-0.15, -0.1) is 0 Å². The average molecular weight is 404 g/mol. The Labute approximate surface area is 170 Å². The first-order chi connectivity index (χ1) is 13.9. The highest BCUT2D eigenvalue weighted by atomic mass is 32.2. The van der Waals surface area contributed by atoms with Crippen LogP contribution < -0.4 is 4.72 Å². The largest absolute Gasteiger partial charge is 0.263 e. The van der Waals surface area contributed by atoms with Crippen molar-refractivity contribution in [2.24, 2.45) is 0 Å². The molecule has 0 atom stereocenters. The summed E-state index contributed by atoms with van der Waals surface area (Å²) in [5, 5.41) is 4.69. The fraction of sp³-hybridized carbons (Fsp3) is 0.0870. The molecule has 1 N–H and O–H groups in total. The second kappa shape index (κ2) is 7.56. The summed E-state index contributed by atoms with van der Waals surface area (Å²) in [4.78, 5) is 0.210. The maximum Gasteiger partial charge on any atom is 0.263 e. The van der Waals surface area contributed by atoms with Crippen molar-refractivity contribution in [1.82, 2.24) is 9.78 Å². The molecule has 0 aliphatic heterocycles. The van der Waals surface area contributed by atoms with Gasteiger partial charge in [0.05, 0.1) is 16.3 Å². The van der Waals surface area contributed by atoms with Gasteiger partial charge in [-0.05, 0) is 37.6 Å². The van der Waals surface area contributed by atoms with E-state index in [1.165, 1.54) is 0 Å². The number of rotatable bonds is 5. The van der Waals surface area contributed by atoms with E-state index in [-0.39, 0.29) is 4.90 Å². The number of nitrogens with one attached hydrogen (secondary N) is 1. The van der Waals surface area contributed by atoms with Crippen LogP contribution in [0.4, 0.5) is 5.82 Å². The zero-order valence-electron chi connectivity index (χ0n) is 16.2. The Morgan fingerprint density at radius 3 is 2.17 bits per heavy atom. The van der Waals surface area contributed by atoms with E-state index in [2.05, 4.69) is 4.72 Å². The molecule has 1 aromatic heterocycles. The van der Waals surface area contributed by atoms with Gasteiger partial charge in [-0.25, -0.2) is 13.1 Å². The molecule has 0 radical (unpaired) electrons. The predicted molar refractivity (Wildman–Crippen MR) is 116 cm³/mol. The predicted octanol–water partition coefficient (Wildman–Crippen LogP) is 4.96. The van der Waals surface area contributed by atoms with Gasteiger partial charge in [0.25, 0.3) is 10.0 Å². The van der Waals surface area contributed by atoms with Gasteiger partial charge in [0.15, 0.2) is 0 Å². The number of para-hydroxylation sites is 1. The lowest BCUT2D eigenvalue weighted by molar-refractivity contribution is 0.600. The zero-order chi connectivity index (χ0) is 20.4. The molecular weight excluding hydrogens is 382 g/mol. The van der Waals surface area contributed by atoms with Gasteiger partial charge in [0, 0.05) is 11.6 Å². The number of hydrogen-bond donors (Lipinski definition) is 1. The standard InChI is InChI=1S/C23H21N3O2S/c1-17-12-14-20(15-13-17)29(27,28)25-23-16-21(19-9-4-3-5-10-19)24-26(23)22-11-7-6-8-18(22)2/h3-16,25H,1-2H3. The van der Waals surface area contributed by atoms with Crippen LogP contribution in [0, 0.1) is 13.8 Å². The van der Waals surface area contributed by atoms with Crippen LogP contribution in [0.25, 0.3) is 16.9 Å². The number of aromatic nitrogens is 2. The second-order valence-corrected chi connectivity index (χ2v) is 8.58. The molecular formula is C23H21N3O2S. The highest BCUT2D eigenvalue weighted by molar-refractivity contribution is 7.92. The van der Waals surface area contributed by atoms with Gasteiger partial charge in [-0.2, -0.15) is 5.10 Å². The monoisotopic (exact) mass is 403 g/mol. The minimum Gasteiger partial charge on any atom is -0.263 e. The molecule has 4 rings (SSSR count). The molecule has 0 saturated carbocycles. The molecule has 29 heavy (non-hydrogen) atoms. The maximum absolute atomic E-state index is 13.0. The summed E-state index contributed by atoms with van der Waals surface area (Å²) >= 11 is 0. The molecule has 3 aromatic carbocycles. The third-order valence-electron chi connectivity index (χ3n) is 4.69. The normalized spacial score (nSPS) is 11.4. The molecule has 146 valence electrons. The first-order valence-corrected chi connectivity index (χ1v) is 10.7. The van der Waals surface area contributed by atoms with E-state index in [0.717, 1.165) is 22.4 Å². The van der Waals surface area contributed by atoms with Crippen LogP contribution in [0.5, 0.6) is 0 Å². The van der Waals surface area contributed by atoms with Gasteiger partial charge < -0.3 is 0 Å². The molecule has 0 bridgehead atoms. The van der Waals surface area contributed by atoms with E-state index in [9.17, 15) is 8.42 Å². The molecule has 6 heteroatoms. The third kappa shape index (κ3) is 3.93. The molecule has 0 amide bonds. The van der Waals surface area contributed by atoms with Crippen LogP contribution in [0.2, 0.25) is 0 Å². The fourth-order valence-corrected chi connectivity index (χ4v) is 4.14. The van der Waals surface area contributed by atoms with Crippen LogP contribution in [0.3, 0.4) is 0 Å². The number of anilines is 1. The van der Waals surface area contributed by atoms with E-state index in [1.807, 2.05) is 68.4 Å². The van der Waals surface area contributed by atoms with Crippen LogP contribution in [0.1, 0.15) is 11.1 Å². The van der Waals surface area contributed by atoms with Gasteiger partial charge in [-0.1, -0.05) is 66.2 Å². The van der Waals surface area contributed by atoms with Crippen LogP contribution in [0.15, 0.2) is 89.8 Å². The van der Waals surface area contributed by atoms with Crippen molar-refractivity contribution in [2.45, 2.75) is 18.7 Å². The Kier molecular flexibility index (Phi) is 4.94. The Morgan fingerprint density at radius 1 is 0.828 bits per heavy atom. The average Bonchev–Trinajstić information content (AvgIpc) is 3.12. The van der Waals surface area contributed by atoms with E-state index in [4.69, 9.17) is 5.10 Å². The number of aryl methyl sites for hydroxylation is 2. The molecule has 0 aliphatic rings. The molecule has 4 aromatic rings. The van der Waals surface area contributed by atoms with Crippen molar-refractivity contribution >= 4 is 15.8 Å². The minimum absolute atomic E-state index is 0.210. The van der Waals surface area contributed by atoms with Crippen molar-refractivity contribution in [3.05, 3.63) is 96.1 Å². The third-order valence-corrected chi connectivity index (χ3v) is 6.06. The van der Waals surface area contributed by atoms with Gasteiger partial charge in [0.1, 0.15) is 5.82 Å². The SMILES string of the molecule is Cc1ccc(S(=O)(=O)Nc2cc(-c3ccccc3)nn2-c2ccccc2C)cc1. The minimum atomic E-state index is -3.75. The second-order valence-electron chi connectivity index (χ2n) is 6.90. The smallest absolute Gasteiger partial charge is 0.263 e. The first kappa shape index (κ1) is 19.0. The van der Waals surface area contributed by atoms with Gasteiger partial charge in [-0.3, -0.25) is 4.72 Å². The number of nitrogens with zero attached hydrogens (tertiary/aromatic N) is 2. The quantitative estimate of drug-likeness (QED) is 0.512. The summed E-state index contributed by atoms with van der Waals surface area (Å²) in [5.74, 6) is 0.388. The lowest BCUT2D eigenvalue weighted by atomic mass is 10.2. The summed E-state index contributed by atoms with van der Waals surface area (Å²) in [6.45, 7) is 3.89. The number of hydrogen-bond acceptors (Lipinski definition) is 3. The number of benzene rings is 3. The van der Waals surface area contributed by atoms with Crippen molar-refractivity contribution in [2.75, 3.05) is 4.72 Å². The topological polar surface area (TPSA) is 64.0 Å². The Morgan fingerprint density at radius 2 is 1.48 bits per heavy atom. The summed E-state index contributed by atoms with van der Waals surface area (Å²) < 4.78 is 30.3. The molecule has 0 aliphatic carbocycles. The van der Waals surface area contributed by atoms with Crippen molar-refractivity contribution in [3.63, 3.8) is 0 Å². The molecule has 0 unspecified atom stereocenters. The molecule has 0 saturated heterocycles. The lowest BCUT2D eigenvalue weighted by Crippen LogP contribution is -2.16. The van der Waals surface area contributed by atoms with Crippen LogP contribution in [-0.2, 0) is 10.0 Å². The van der Waals surface area contributed by atoms with Crippen LogP contribution >= 0.6 is 0 Å². The highest BCUT2D eigenvalue weighted by Crippen LogP contribution is 2.27. The van der Waals surface area contributed by atoms with Gasteiger partial charge >= 0.3 is 0 Å². The van der Waals surface area contributed by atoms with Gasteiger partial charge in [0.2, 0.25) is 0 Å². The highest BCUT2D eigenvalue weighted by Gasteiger charge is 2.19. The van der Waals surface area contributed by atoms with Crippen molar-refractivity contribution in [1.29, 1.82) is 0 Å². The van der Waals surface area contributed by atoms with Crippen molar-refractivity contribution < 1.29 is 8.42 Å². The molecule has 0 fully saturated rings. The summed E-state index contributed by atoms with van der Waals surface area (Å²) in [6.07, 6.45) is 0. The molecule has 5 nitrogen and oxygen atoms in total. The number of sulfonamides is 1. The summed E-state index contributed by atoms with van der Waals surface area (Å²) in [5.41, 5.74) is 4.41. The maximum atomic E-state index is 13.0. The summed E-state index contributed by atoms with van der Waals surface area (Å²) in [7, 11) is -3.75. The molecule has 1 heterocycles. The Hall–Kier alpha value is -3.38. The summed E-state index contributed by atoms with van der Waals surface area (Å²) in [6, 6.07) is 25.9.